The van der Waals surface area contributed by atoms with Crippen LogP contribution in [0.3, 0.4) is 0 Å². The number of rotatable bonds is 1. The van der Waals surface area contributed by atoms with Crippen LogP contribution in [0.2, 0.25) is 0 Å². The zero-order valence-corrected chi connectivity index (χ0v) is 8.60. The van der Waals surface area contributed by atoms with Gasteiger partial charge in [-0.2, -0.15) is 10.4 Å². The molecule has 0 aromatic carbocycles. The first kappa shape index (κ1) is 9.41. The van der Waals surface area contributed by atoms with Gasteiger partial charge < -0.3 is 0 Å². The minimum Gasteiger partial charge on any atom is -0.233 e. The first-order valence-corrected chi connectivity index (χ1v) is 4.60. The highest BCUT2D eigenvalue weighted by Gasteiger charge is 2.06. The molecule has 0 radical (unpaired) electrons. The SMILES string of the molecule is Cc1cnn(-c2nc(C)ccc2C#N)c1. The van der Waals surface area contributed by atoms with Crippen LogP contribution in [-0.4, -0.2) is 14.8 Å². The quantitative estimate of drug-likeness (QED) is 0.701. The Morgan fingerprint density at radius 2 is 2.13 bits per heavy atom. The Morgan fingerprint density at radius 3 is 2.73 bits per heavy atom. The Balaban J connectivity index is 2.61. The molecule has 0 bridgehead atoms. The first-order valence-electron chi connectivity index (χ1n) is 4.60. The normalized spacial score (nSPS) is 9.93. The average molecular weight is 198 g/mol. The molecule has 2 aromatic rings. The van der Waals surface area contributed by atoms with Gasteiger partial charge in [-0.05, 0) is 31.5 Å². The predicted octanol–water partition coefficient (Wildman–Crippen LogP) is 1.76. The molecule has 0 spiro atoms. The minimum absolute atomic E-state index is 0.531. The molecule has 0 saturated heterocycles. The van der Waals surface area contributed by atoms with Crippen LogP contribution in [0, 0.1) is 25.2 Å². The van der Waals surface area contributed by atoms with Gasteiger partial charge in [0.15, 0.2) is 5.82 Å². The third kappa shape index (κ3) is 1.72. The fourth-order valence-electron chi connectivity index (χ4n) is 1.33. The van der Waals surface area contributed by atoms with Gasteiger partial charge in [0.05, 0.1) is 11.8 Å². The summed E-state index contributed by atoms with van der Waals surface area (Å²) < 4.78 is 1.63. The standard InChI is InChI=1S/C11H10N4/c1-8-6-13-15(7-8)11-10(5-12)4-3-9(2)14-11/h3-4,6-7H,1-2H3. The van der Waals surface area contributed by atoms with Crippen LogP contribution >= 0.6 is 0 Å². The molecule has 4 heteroatoms. The number of aromatic nitrogens is 3. The summed E-state index contributed by atoms with van der Waals surface area (Å²) >= 11 is 0. The number of nitriles is 1. The number of pyridine rings is 1. The Morgan fingerprint density at radius 1 is 1.33 bits per heavy atom. The highest BCUT2D eigenvalue weighted by Crippen LogP contribution is 2.11. The minimum atomic E-state index is 0.531. The molecule has 2 heterocycles. The molecule has 0 aliphatic rings. The number of hydrogen-bond acceptors (Lipinski definition) is 3. The van der Waals surface area contributed by atoms with Crippen LogP contribution in [0.25, 0.3) is 5.82 Å². The van der Waals surface area contributed by atoms with Gasteiger partial charge in [-0.25, -0.2) is 9.67 Å². The van der Waals surface area contributed by atoms with Crippen molar-refractivity contribution in [1.29, 1.82) is 5.26 Å². The Bertz CT molecular complexity index is 534. The predicted molar refractivity (Wildman–Crippen MR) is 55.5 cm³/mol. The van der Waals surface area contributed by atoms with Gasteiger partial charge in [-0.3, -0.25) is 0 Å². The maximum absolute atomic E-state index is 8.95. The zero-order valence-electron chi connectivity index (χ0n) is 8.60. The molecule has 0 aliphatic carbocycles. The second-order valence-corrected chi connectivity index (χ2v) is 3.40. The third-order valence-electron chi connectivity index (χ3n) is 2.06. The van der Waals surface area contributed by atoms with E-state index in [0.29, 0.717) is 11.4 Å². The lowest BCUT2D eigenvalue weighted by Crippen LogP contribution is -2.02. The fraction of sp³-hybridized carbons (Fsp3) is 0.182. The lowest BCUT2D eigenvalue weighted by molar-refractivity contribution is 0.837. The van der Waals surface area contributed by atoms with Crippen LogP contribution in [0.4, 0.5) is 0 Å². The number of hydrogen-bond donors (Lipinski definition) is 0. The Hall–Kier alpha value is -2.15. The van der Waals surface area contributed by atoms with Crippen LogP contribution < -0.4 is 0 Å². The van der Waals surface area contributed by atoms with Gasteiger partial charge in [0, 0.05) is 11.9 Å². The molecular formula is C11H10N4. The summed E-state index contributed by atoms with van der Waals surface area (Å²) in [4.78, 5) is 4.31. The molecule has 0 saturated carbocycles. The van der Waals surface area contributed by atoms with Crippen molar-refractivity contribution in [3.05, 3.63) is 41.3 Å². The second-order valence-electron chi connectivity index (χ2n) is 3.40. The van der Waals surface area contributed by atoms with Crippen LogP contribution in [0.5, 0.6) is 0 Å². The first-order chi connectivity index (χ1) is 7.20. The summed E-state index contributed by atoms with van der Waals surface area (Å²) in [5.41, 5.74) is 2.45. The van der Waals surface area contributed by atoms with Gasteiger partial charge >= 0.3 is 0 Å². The largest absolute Gasteiger partial charge is 0.233 e. The van der Waals surface area contributed by atoms with E-state index >= 15 is 0 Å². The van der Waals surface area contributed by atoms with Crippen molar-refractivity contribution >= 4 is 0 Å². The van der Waals surface area contributed by atoms with E-state index in [-0.39, 0.29) is 0 Å². The zero-order chi connectivity index (χ0) is 10.8. The van der Waals surface area contributed by atoms with E-state index in [0.717, 1.165) is 11.3 Å². The summed E-state index contributed by atoms with van der Waals surface area (Å²) in [6, 6.07) is 5.68. The van der Waals surface area contributed by atoms with E-state index < -0.39 is 0 Å². The van der Waals surface area contributed by atoms with E-state index in [9.17, 15) is 0 Å². The van der Waals surface area contributed by atoms with Gasteiger partial charge in [-0.1, -0.05) is 0 Å². The van der Waals surface area contributed by atoms with E-state index in [2.05, 4.69) is 16.2 Å². The third-order valence-corrected chi connectivity index (χ3v) is 2.06. The van der Waals surface area contributed by atoms with Crippen molar-refractivity contribution in [3.63, 3.8) is 0 Å². The molecule has 15 heavy (non-hydrogen) atoms. The van der Waals surface area contributed by atoms with Crippen molar-refractivity contribution in [2.45, 2.75) is 13.8 Å². The molecule has 0 unspecified atom stereocenters. The van der Waals surface area contributed by atoms with Crippen molar-refractivity contribution in [1.82, 2.24) is 14.8 Å². The number of nitrogens with zero attached hydrogens (tertiary/aromatic N) is 4. The Kier molecular flexibility index (Phi) is 2.22. The average Bonchev–Trinajstić information content (AvgIpc) is 2.65. The second kappa shape index (κ2) is 3.54. The molecule has 4 nitrogen and oxygen atoms in total. The summed E-state index contributed by atoms with van der Waals surface area (Å²) in [7, 11) is 0. The molecule has 74 valence electrons. The molecule has 2 aromatic heterocycles. The smallest absolute Gasteiger partial charge is 0.171 e. The topological polar surface area (TPSA) is 54.5 Å². The lowest BCUT2D eigenvalue weighted by Gasteiger charge is -2.03. The van der Waals surface area contributed by atoms with Gasteiger partial charge in [-0.15, -0.1) is 0 Å². The van der Waals surface area contributed by atoms with Gasteiger partial charge in [0.2, 0.25) is 0 Å². The maximum Gasteiger partial charge on any atom is 0.171 e. The number of aryl methyl sites for hydroxylation is 2. The Labute approximate surface area is 87.8 Å². The summed E-state index contributed by atoms with van der Waals surface area (Å²) in [6.07, 6.45) is 3.59. The molecule has 0 aliphatic heterocycles. The van der Waals surface area contributed by atoms with Crippen molar-refractivity contribution in [2.75, 3.05) is 0 Å². The fourth-order valence-corrected chi connectivity index (χ4v) is 1.33. The molecular weight excluding hydrogens is 188 g/mol. The van der Waals surface area contributed by atoms with Crippen molar-refractivity contribution in [3.8, 4) is 11.9 Å². The van der Waals surface area contributed by atoms with Crippen LogP contribution in [-0.2, 0) is 0 Å². The van der Waals surface area contributed by atoms with Gasteiger partial charge in [0.25, 0.3) is 0 Å². The highest BCUT2D eigenvalue weighted by atomic mass is 15.3. The monoisotopic (exact) mass is 198 g/mol. The van der Waals surface area contributed by atoms with E-state index in [1.807, 2.05) is 26.1 Å². The summed E-state index contributed by atoms with van der Waals surface area (Å²) in [5.74, 6) is 0.589. The molecule has 0 fully saturated rings. The van der Waals surface area contributed by atoms with Crippen molar-refractivity contribution in [2.24, 2.45) is 0 Å². The maximum atomic E-state index is 8.95. The van der Waals surface area contributed by atoms with Gasteiger partial charge in [0.1, 0.15) is 6.07 Å². The lowest BCUT2D eigenvalue weighted by atomic mass is 10.2. The highest BCUT2D eigenvalue weighted by molar-refractivity contribution is 5.43. The van der Waals surface area contributed by atoms with E-state index in [1.165, 1.54) is 0 Å². The van der Waals surface area contributed by atoms with Crippen molar-refractivity contribution < 1.29 is 0 Å². The molecule has 0 N–H and O–H groups in total. The van der Waals surface area contributed by atoms with E-state index in [4.69, 9.17) is 5.26 Å². The molecule has 0 atom stereocenters. The van der Waals surface area contributed by atoms with Crippen LogP contribution in [0.1, 0.15) is 16.8 Å². The van der Waals surface area contributed by atoms with E-state index in [1.54, 1.807) is 16.9 Å². The summed E-state index contributed by atoms with van der Waals surface area (Å²) in [5, 5.41) is 13.1. The summed E-state index contributed by atoms with van der Waals surface area (Å²) in [6.45, 7) is 3.84. The molecule has 2 rings (SSSR count). The van der Waals surface area contributed by atoms with Crippen LogP contribution in [0.15, 0.2) is 24.5 Å². The molecule has 0 amide bonds.